The fraction of sp³-hybridized carbons (Fsp3) is 0.200. The summed E-state index contributed by atoms with van der Waals surface area (Å²) < 4.78 is 5.37. The zero-order valence-corrected chi connectivity index (χ0v) is 14.6. The predicted molar refractivity (Wildman–Crippen MR) is 99.9 cm³/mol. The SMILES string of the molecule is COc1cc(C=Nc2nc3c(s2)-c2ccccc2CC3)ccc1C. The molecule has 120 valence electrons. The van der Waals surface area contributed by atoms with Gasteiger partial charge in [0.05, 0.1) is 17.7 Å². The summed E-state index contributed by atoms with van der Waals surface area (Å²) in [5.74, 6) is 0.881. The van der Waals surface area contributed by atoms with Crippen molar-refractivity contribution in [3.05, 3.63) is 64.8 Å². The van der Waals surface area contributed by atoms with E-state index in [1.54, 1.807) is 18.4 Å². The first-order valence-electron chi connectivity index (χ1n) is 8.01. The number of hydrogen-bond donors (Lipinski definition) is 0. The quantitative estimate of drug-likeness (QED) is 0.633. The number of ether oxygens (including phenoxy) is 1. The highest BCUT2D eigenvalue weighted by Gasteiger charge is 2.19. The van der Waals surface area contributed by atoms with Crippen LogP contribution in [0.15, 0.2) is 47.5 Å². The number of methoxy groups -OCH3 is 1. The number of aliphatic imine (C=N–C) groups is 1. The summed E-state index contributed by atoms with van der Waals surface area (Å²) in [4.78, 5) is 10.6. The molecule has 0 amide bonds. The van der Waals surface area contributed by atoms with E-state index in [4.69, 9.17) is 9.72 Å². The second-order valence-corrected chi connectivity index (χ2v) is 6.89. The Hall–Kier alpha value is -2.46. The van der Waals surface area contributed by atoms with Crippen molar-refractivity contribution in [1.82, 2.24) is 4.98 Å². The molecule has 2 aromatic carbocycles. The molecule has 0 saturated carbocycles. The highest BCUT2D eigenvalue weighted by atomic mass is 32.1. The largest absolute Gasteiger partial charge is 0.496 e. The molecular formula is C20H18N2OS. The van der Waals surface area contributed by atoms with E-state index in [0.29, 0.717) is 0 Å². The van der Waals surface area contributed by atoms with Crippen molar-refractivity contribution in [3.63, 3.8) is 0 Å². The van der Waals surface area contributed by atoms with E-state index in [9.17, 15) is 0 Å². The molecule has 0 fully saturated rings. The molecule has 3 aromatic rings. The average molecular weight is 334 g/mol. The van der Waals surface area contributed by atoms with E-state index in [0.717, 1.165) is 34.8 Å². The van der Waals surface area contributed by atoms with E-state index in [2.05, 4.69) is 29.3 Å². The molecule has 1 aromatic heterocycles. The van der Waals surface area contributed by atoms with Crippen LogP contribution in [0.2, 0.25) is 0 Å². The number of thiazole rings is 1. The Balaban J connectivity index is 1.65. The van der Waals surface area contributed by atoms with Gasteiger partial charge in [-0.1, -0.05) is 47.7 Å². The van der Waals surface area contributed by atoms with Crippen molar-refractivity contribution in [2.24, 2.45) is 4.99 Å². The van der Waals surface area contributed by atoms with Crippen LogP contribution in [0.5, 0.6) is 5.75 Å². The topological polar surface area (TPSA) is 34.5 Å². The first-order valence-corrected chi connectivity index (χ1v) is 8.83. The van der Waals surface area contributed by atoms with Gasteiger partial charge in [0, 0.05) is 6.21 Å². The third kappa shape index (κ3) is 2.74. The van der Waals surface area contributed by atoms with Gasteiger partial charge in [-0.15, -0.1) is 0 Å². The van der Waals surface area contributed by atoms with Crippen molar-refractivity contribution in [2.75, 3.05) is 7.11 Å². The molecule has 0 radical (unpaired) electrons. The molecule has 1 aliphatic rings. The van der Waals surface area contributed by atoms with Gasteiger partial charge in [0.2, 0.25) is 5.13 Å². The lowest BCUT2D eigenvalue weighted by molar-refractivity contribution is 0.411. The highest BCUT2D eigenvalue weighted by molar-refractivity contribution is 7.18. The van der Waals surface area contributed by atoms with Crippen molar-refractivity contribution < 1.29 is 4.74 Å². The molecule has 0 spiro atoms. The van der Waals surface area contributed by atoms with Crippen LogP contribution in [0.1, 0.15) is 22.4 Å². The molecule has 4 heteroatoms. The first kappa shape index (κ1) is 15.1. The molecule has 3 nitrogen and oxygen atoms in total. The van der Waals surface area contributed by atoms with Crippen LogP contribution in [0.3, 0.4) is 0 Å². The highest BCUT2D eigenvalue weighted by Crippen LogP contribution is 2.40. The van der Waals surface area contributed by atoms with Crippen molar-refractivity contribution >= 4 is 22.7 Å². The minimum atomic E-state index is 0.816. The number of aromatic nitrogens is 1. The van der Waals surface area contributed by atoms with E-state index in [-0.39, 0.29) is 0 Å². The Morgan fingerprint density at radius 2 is 2.04 bits per heavy atom. The summed E-state index contributed by atoms with van der Waals surface area (Å²) >= 11 is 1.67. The van der Waals surface area contributed by atoms with Gasteiger partial charge < -0.3 is 4.74 Å². The Bertz CT molecular complexity index is 927. The Morgan fingerprint density at radius 1 is 1.17 bits per heavy atom. The molecule has 0 aliphatic heterocycles. The van der Waals surface area contributed by atoms with E-state index in [1.165, 1.54) is 21.7 Å². The Morgan fingerprint density at radius 3 is 2.92 bits per heavy atom. The molecule has 4 rings (SSSR count). The van der Waals surface area contributed by atoms with Crippen LogP contribution in [0.4, 0.5) is 5.13 Å². The second kappa shape index (κ2) is 6.21. The molecule has 1 heterocycles. The number of fused-ring (bicyclic) bond motifs is 3. The van der Waals surface area contributed by atoms with Gasteiger partial charge in [0.25, 0.3) is 0 Å². The maximum Gasteiger partial charge on any atom is 0.209 e. The van der Waals surface area contributed by atoms with E-state index >= 15 is 0 Å². The molecule has 0 atom stereocenters. The molecule has 0 saturated heterocycles. The molecule has 0 bridgehead atoms. The molecular weight excluding hydrogens is 316 g/mol. The van der Waals surface area contributed by atoms with Gasteiger partial charge in [-0.05, 0) is 48.1 Å². The Kier molecular flexibility index (Phi) is 3.90. The number of aryl methyl sites for hydroxylation is 3. The minimum Gasteiger partial charge on any atom is -0.496 e. The third-order valence-corrected chi connectivity index (χ3v) is 5.37. The summed E-state index contributed by atoms with van der Waals surface area (Å²) in [6.07, 6.45) is 3.92. The van der Waals surface area contributed by atoms with Crippen molar-refractivity contribution in [2.45, 2.75) is 19.8 Å². The van der Waals surface area contributed by atoms with Crippen LogP contribution in [0, 0.1) is 6.92 Å². The fourth-order valence-corrected chi connectivity index (χ4v) is 4.05. The van der Waals surface area contributed by atoms with Crippen LogP contribution in [-0.4, -0.2) is 18.3 Å². The van der Waals surface area contributed by atoms with Gasteiger partial charge in [-0.3, -0.25) is 0 Å². The molecule has 0 unspecified atom stereocenters. The third-order valence-electron chi connectivity index (χ3n) is 4.34. The van der Waals surface area contributed by atoms with Gasteiger partial charge in [-0.2, -0.15) is 0 Å². The van der Waals surface area contributed by atoms with Gasteiger partial charge in [0.15, 0.2) is 0 Å². The maximum atomic E-state index is 5.37. The van der Waals surface area contributed by atoms with Gasteiger partial charge in [0.1, 0.15) is 5.75 Å². The second-order valence-electron chi connectivity index (χ2n) is 5.92. The van der Waals surface area contributed by atoms with E-state index in [1.807, 2.05) is 31.3 Å². The smallest absolute Gasteiger partial charge is 0.209 e. The van der Waals surface area contributed by atoms with Gasteiger partial charge >= 0.3 is 0 Å². The standard InChI is InChI=1S/C20H18N2OS/c1-13-7-8-14(11-18(13)23-2)12-21-20-22-17-10-9-15-5-3-4-6-16(15)19(17)24-20/h3-8,11-12H,9-10H2,1-2H3. The fourth-order valence-electron chi connectivity index (χ4n) is 3.03. The summed E-state index contributed by atoms with van der Waals surface area (Å²) in [6.45, 7) is 2.03. The van der Waals surface area contributed by atoms with Crippen LogP contribution in [-0.2, 0) is 12.8 Å². The summed E-state index contributed by atoms with van der Waals surface area (Å²) in [6, 6.07) is 14.7. The lowest BCUT2D eigenvalue weighted by atomic mass is 9.94. The van der Waals surface area contributed by atoms with Crippen LogP contribution < -0.4 is 4.74 Å². The summed E-state index contributed by atoms with van der Waals surface area (Å²) in [7, 11) is 1.69. The molecule has 1 aliphatic carbocycles. The van der Waals surface area contributed by atoms with Crippen LogP contribution >= 0.6 is 11.3 Å². The maximum absolute atomic E-state index is 5.37. The number of nitrogens with zero attached hydrogens (tertiary/aromatic N) is 2. The minimum absolute atomic E-state index is 0.816. The van der Waals surface area contributed by atoms with Crippen LogP contribution in [0.25, 0.3) is 10.4 Å². The zero-order valence-electron chi connectivity index (χ0n) is 13.7. The summed E-state index contributed by atoms with van der Waals surface area (Å²) in [5, 5.41) is 0.816. The van der Waals surface area contributed by atoms with Gasteiger partial charge in [-0.25, -0.2) is 9.98 Å². The van der Waals surface area contributed by atoms with Crippen molar-refractivity contribution in [1.29, 1.82) is 0 Å². The zero-order chi connectivity index (χ0) is 16.5. The van der Waals surface area contributed by atoms with Crippen molar-refractivity contribution in [3.8, 4) is 16.2 Å². The lowest BCUT2D eigenvalue weighted by Gasteiger charge is -2.13. The average Bonchev–Trinajstić information content (AvgIpc) is 3.04. The predicted octanol–water partition coefficient (Wildman–Crippen LogP) is 4.98. The molecule has 0 N–H and O–H groups in total. The number of benzene rings is 2. The normalized spacial score (nSPS) is 12.9. The number of rotatable bonds is 3. The first-order chi connectivity index (χ1) is 11.7. The molecule has 24 heavy (non-hydrogen) atoms. The monoisotopic (exact) mass is 334 g/mol. The summed E-state index contributed by atoms with van der Waals surface area (Å²) in [5.41, 5.74) is 6.04. The lowest BCUT2D eigenvalue weighted by Crippen LogP contribution is -2.01. The Labute approximate surface area is 145 Å². The van der Waals surface area contributed by atoms with E-state index < -0.39 is 0 Å². The number of hydrogen-bond acceptors (Lipinski definition) is 4.